The van der Waals surface area contributed by atoms with E-state index >= 15 is 0 Å². The van der Waals surface area contributed by atoms with Crippen LogP contribution >= 0.6 is 0 Å². The predicted molar refractivity (Wildman–Crippen MR) is 83.7 cm³/mol. The topological polar surface area (TPSA) is 47.7 Å². The van der Waals surface area contributed by atoms with Crippen LogP contribution in [0.25, 0.3) is 0 Å². The minimum absolute atomic E-state index is 0.274. The summed E-state index contributed by atoms with van der Waals surface area (Å²) in [5.41, 5.74) is 7.32. The van der Waals surface area contributed by atoms with E-state index in [9.17, 15) is 0 Å². The number of benzene rings is 1. The van der Waals surface area contributed by atoms with E-state index in [1.807, 2.05) is 6.07 Å². The molecule has 0 radical (unpaired) electrons. The van der Waals surface area contributed by atoms with Crippen molar-refractivity contribution in [1.29, 1.82) is 0 Å². The Bertz CT molecular complexity index is 492. The summed E-state index contributed by atoms with van der Waals surface area (Å²) in [4.78, 5) is 2.52. The highest BCUT2D eigenvalue weighted by Crippen LogP contribution is 2.35. The van der Waals surface area contributed by atoms with Crippen molar-refractivity contribution in [3.63, 3.8) is 0 Å². The zero-order valence-electron chi connectivity index (χ0n) is 13.0. The quantitative estimate of drug-likeness (QED) is 0.929. The number of likely N-dealkylation sites (tertiary alicyclic amines) is 1. The molecule has 1 saturated heterocycles. The molecular weight excluding hydrogens is 264 g/mol. The van der Waals surface area contributed by atoms with Gasteiger partial charge >= 0.3 is 0 Å². The van der Waals surface area contributed by atoms with Crippen molar-refractivity contribution in [1.82, 2.24) is 4.90 Å². The Labute approximate surface area is 127 Å². The molecule has 2 heterocycles. The molecule has 4 nitrogen and oxygen atoms in total. The zero-order chi connectivity index (χ0) is 14.8. The minimum Gasteiger partial charge on any atom is -0.486 e. The maximum Gasteiger partial charge on any atom is 0.161 e. The molecule has 3 atom stereocenters. The van der Waals surface area contributed by atoms with Crippen LogP contribution in [0.1, 0.15) is 31.9 Å². The normalized spacial score (nSPS) is 27.4. The predicted octanol–water partition coefficient (Wildman–Crippen LogP) is 2.44. The van der Waals surface area contributed by atoms with Gasteiger partial charge in [0.1, 0.15) is 13.2 Å². The van der Waals surface area contributed by atoms with Crippen molar-refractivity contribution in [3.8, 4) is 11.5 Å². The van der Waals surface area contributed by atoms with Crippen LogP contribution < -0.4 is 15.2 Å². The molecule has 0 amide bonds. The molecule has 2 N–H and O–H groups in total. The third-order valence-electron chi connectivity index (χ3n) is 4.98. The number of rotatable bonds is 3. The molecule has 3 unspecified atom stereocenters. The van der Waals surface area contributed by atoms with Gasteiger partial charge in [-0.2, -0.15) is 0 Å². The summed E-state index contributed by atoms with van der Waals surface area (Å²) in [5.74, 6) is 3.24. The maximum absolute atomic E-state index is 6.08. The van der Waals surface area contributed by atoms with E-state index in [1.54, 1.807) is 0 Å². The lowest BCUT2D eigenvalue weighted by atomic mass is 9.87. The molecule has 0 saturated carbocycles. The van der Waals surface area contributed by atoms with E-state index in [0.717, 1.165) is 36.4 Å². The molecule has 1 fully saturated rings. The lowest BCUT2D eigenvalue weighted by Crippen LogP contribution is -2.43. The molecule has 3 rings (SSSR count). The Hall–Kier alpha value is -1.26. The average molecular weight is 290 g/mol. The molecule has 0 spiro atoms. The molecule has 4 heteroatoms. The summed E-state index contributed by atoms with van der Waals surface area (Å²) in [6.07, 6.45) is 1.25. The van der Waals surface area contributed by atoms with E-state index in [-0.39, 0.29) is 6.04 Å². The Kier molecular flexibility index (Phi) is 4.36. The first-order chi connectivity index (χ1) is 10.2. The summed E-state index contributed by atoms with van der Waals surface area (Å²) in [7, 11) is 0. The standard InChI is InChI=1S/C17H26N2O2/c1-12-5-6-19(11-13(12)2)15(10-18)14-3-4-16-17(9-14)21-8-7-20-16/h3-4,9,12-13,15H,5-8,10-11,18H2,1-2H3. The fraction of sp³-hybridized carbons (Fsp3) is 0.647. The van der Waals surface area contributed by atoms with Crippen molar-refractivity contribution in [2.45, 2.75) is 26.3 Å². The summed E-state index contributed by atoms with van der Waals surface area (Å²) in [6, 6.07) is 6.53. The summed E-state index contributed by atoms with van der Waals surface area (Å²) in [5, 5.41) is 0. The SMILES string of the molecule is CC1CCN(C(CN)c2ccc3c(c2)OCCO3)CC1C. The van der Waals surface area contributed by atoms with Crippen molar-refractivity contribution < 1.29 is 9.47 Å². The number of piperidine rings is 1. The van der Waals surface area contributed by atoms with Gasteiger partial charge in [-0.25, -0.2) is 0 Å². The van der Waals surface area contributed by atoms with E-state index in [1.165, 1.54) is 12.0 Å². The first kappa shape index (κ1) is 14.7. The molecule has 1 aromatic carbocycles. The summed E-state index contributed by atoms with van der Waals surface area (Å²) < 4.78 is 11.3. The number of hydrogen-bond donors (Lipinski definition) is 1. The van der Waals surface area contributed by atoms with Gasteiger partial charge in [-0.15, -0.1) is 0 Å². The summed E-state index contributed by atoms with van der Waals surface area (Å²) >= 11 is 0. The highest BCUT2D eigenvalue weighted by molar-refractivity contribution is 5.44. The van der Waals surface area contributed by atoms with Crippen LogP contribution in [0.2, 0.25) is 0 Å². The Morgan fingerprint density at radius 2 is 1.95 bits per heavy atom. The second-order valence-corrected chi connectivity index (χ2v) is 6.39. The number of ether oxygens (including phenoxy) is 2. The first-order valence-corrected chi connectivity index (χ1v) is 8.02. The molecule has 2 aliphatic heterocycles. The monoisotopic (exact) mass is 290 g/mol. The maximum atomic E-state index is 6.08. The van der Waals surface area contributed by atoms with Crippen molar-refractivity contribution in [2.75, 3.05) is 32.8 Å². The highest BCUT2D eigenvalue weighted by Gasteiger charge is 2.28. The Balaban J connectivity index is 1.79. The van der Waals surface area contributed by atoms with Crippen molar-refractivity contribution in [2.24, 2.45) is 17.6 Å². The van der Waals surface area contributed by atoms with Gasteiger partial charge < -0.3 is 15.2 Å². The fourth-order valence-electron chi connectivity index (χ4n) is 3.34. The minimum atomic E-state index is 0.274. The van der Waals surface area contributed by atoms with Crippen LogP contribution in [0.4, 0.5) is 0 Å². The third kappa shape index (κ3) is 3.01. The van der Waals surface area contributed by atoms with Crippen LogP contribution in [0.15, 0.2) is 18.2 Å². The lowest BCUT2D eigenvalue weighted by Gasteiger charge is -2.40. The van der Waals surface area contributed by atoms with Crippen molar-refractivity contribution >= 4 is 0 Å². The highest BCUT2D eigenvalue weighted by atomic mass is 16.6. The zero-order valence-corrected chi connectivity index (χ0v) is 13.0. The second kappa shape index (κ2) is 6.24. The van der Waals surface area contributed by atoms with Gasteiger partial charge in [0, 0.05) is 19.1 Å². The number of fused-ring (bicyclic) bond motifs is 1. The number of nitrogens with two attached hydrogens (primary N) is 1. The van der Waals surface area contributed by atoms with E-state index < -0.39 is 0 Å². The molecule has 21 heavy (non-hydrogen) atoms. The first-order valence-electron chi connectivity index (χ1n) is 8.02. The molecule has 116 valence electrons. The smallest absolute Gasteiger partial charge is 0.161 e. The van der Waals surface area contributed by atoms with Crippen LogP contribution in [-0.4, -0.2) is 37.7 Å². The van der Waals surface area contributed by atoms with E-state index in [4.69, 9.17) is 15.2 Å². The van der Waals surface area contributed by atoms with Crippen LogP contribution in [-0.2, 0) is 0 Å². The van der Waals surface area contributed by atoms with Crippen LogP contribution in [0.5, 0.6) is 11.5 Å². The molecule has 1 aromatic rings. The molecule has 0 aliphatic carbocycles. The molecule has 2 aliphatic rings. The Morgan fingerprint density at radius 1 is 1.19 bits per heavy atom. The van der Waals surface area contributed by atoms with Gasteiger partial charge in [-0.1, -0.05) is 19.9 Å². The third-order valence-corrected chi connectivity index (χ3v) is 4.98. The largest absolute Gasteiger partial charge is 0.486 e. The van der Waals surface area contributed by atoms with Gasteiger partial charge in [0.15, 0.2) is 11.5 Å². The van der Waals surface area contributed by atoms with Crippen LogP contribution in [0.3, 0.4) is 0 Å². The average Bonchev–Trinajstić information content (AvgIpc) is 2.51. The van der Waals surface area contributed by atoms with E-state index in [0.29, 0.717) is 19.8 Å². The molecular formula is C17H26N2O2. The molecule has 0 bridgehead atoms. The van der Waals surface area contributed by atoms with E-state index in [2.05, 4.69) is 30.9 Å². The fourth-order valence-corrected chi connectivity index (χ4v) is 3.34. The second-order valence-electron chi connectivity index (χ2n) is 6.39. The van der Waals surface area contributed by atoms with Gasteiger partial charge in [0.25, 0.3) is 0 Å². The van der Waals surface area contributed by atoms with Gasteiger partial charge in [-0.3, -0.25) is 4.90 Å². The van der Waals surface area contributed by atoms with Gasteiger partial charge in [-0.05, 0) is 42.5 Å². The number of hydrogen-bond acceptors (Lipinski definition) is 4. The Morgan fingerprint density at radius 3 is 2.67 bits per heavy atom. The summed E-state index contributed by atoms with van der Waals surface area (Å²) in [6.45, 7) is 8.84. The number of nitrogens with zero attached hydrogens (tertiary/aromatic N) is 1. The molecule has 0 aromatic heterocycles. The van der Waals surface area contributed by atoms with Gasteiger partial charge in [0.2, 0.25) is 0 Å². The van der Waals surface area contributed by atoms with Gasteiger partial charge in [0.05, 0.1) is 0 Å². The lowest BCUT2D eigenvalue weighted by molar-refractivity contribution is 0.0978. The van der Waals surface area contributed by atoms with Crippen molar-refractivity contribution in [3.05, 3.63) is 23.8 Å². The van der Waals surface area contributed by atoms with Crippen LogP contribution in [0, 0.1) is 11.8 Å².